The Balaban J connectivity index is 1.84. The average Bonchev–Trinajstić information content (AvgIpc) is 3.09. The molecule has 2 heterocycles. The van der Waals surface area contributed by atoms with Crippen LogP contribution in [-0.2, 0) is 11.2 Å². The fourth-order valence-electron chi connectivity index (χ4n) is 3.15. The maximum Gasteiger partial charge on any atom is 0.410 e. The predicted molar refractivity (Wildman–Crippen MR) is 90.5 cm³/mol. The molecule has 1 amide bonds. The molecule has 0 saturated carbocycles. The molecule has 24 heavy (non-hydrogen) atoms. The number of rotatable bonds is 2. The Morgan fingerprint density at radius 3 is 2.83 bits per heavy atom. The highest BCUT2D eigenvalue weighted by molar-refractivity contribution is 5.82. The second-order valence-corrected chi connectivity index (χ2v) is 7.28. The minimum atomic E-state index is -0.500. The maximum atomic E-state index is 13.6. The van der Waals surface area contributed by atoms with Gasteiger partial charge < -0.3 is 9.64 Å². The van der Waals surface area contributed by atoms with Gasteiger partial charge in [-0.15, -0.1) is 0 Å². The van der Waals surface area contributed by atoms with Gasteiger partial charge in [-0.1, -0.05) is 6.92 Å². The molecule has 0 radical (unpaired) electrons. The van der Waals surface area contributed by atoms with Gasteiger partial charge in [0.1, 0.15) is 11.4 Å². The van der Waals surface area contributed by atoms with Gasteiger partial charge in [-0.2, -0.15) is 5.10 Å². The molecular weight excluding hydrogens is 309 g/mol. The van der Waals surface area contributed by atoms with Crippen molar-refractivity contribution < 1.29 is 13.9 Å². The summed E-state index contributed by atoms with van der Waals surface area (Å²) in [5.41, 5.74) is 1.31. The van der Waals surface area contributed by atoms with Crippen LogP contribution in [0.25, 0.3) is 10.9 Å². The first-order valence-corrected chi connectivity index (χ1v) is 8.43. The number of fused-ring (bicyclic) bond motifs is 1. The van der Waals surface area contributed by atoms with Crippen molar-refractivity contribution in [1.82, 2.24) is 14.7 Å². The third-order valence-corrected chi connectivity index (χ3v) is 4.24. The van der Waals surface area contributed by atoms with Crippen molar-refractivity contribution in [2.24, 2.45) is 0 Å². The highest BCUT2D eigenvalue weighted by atomic mass is 19.1. The monoisotopic (exact) mass is 333 g/mol. The topological polar surface area (TPSA) is 47.4 Å². The largest absolute Gasteiger partial charge is 0.444 e. The van der Waals surface area contributed by atoms with E-state index in [1.807, 2.05) is 32.4 Å². The van der Waals surface area contributed by atoms with Crippen LogP contribution < -0.4 is 0 Å². The molecule has 0 aliphatic carbocycles. The number of likely N-dealkylation sites (tertiary alicyclic amines) is 1. The lowest BCUT2D eigenvalue weighted by Gasteiger charge is -2.24. The number of aryl methyl sites for hydroxylation is 1. The van der Waals surface area contributed by atoms with Gasteiger partial charge in [0.05, 0.1) is 17.3 Å². The minimum absolute atomic E-state index is 0.0887. The van der Waals surface area contributed by atoms with Gasteiger partial charge in [-0.25, -0.2) is 9.18 Å². The molecule has 5 nitrogen and oxygen atoms in total. The first kappa shape index (κ1) is 16.7. The molecule has 1 unspecified atom stereocenters. The Labute approximate surface area is 141 Å². The zero-order valence-electron chi connectivity index (χ0n) is 14.7. The number of halogens is 1. The lowest BCUT2D eigenvalue weighted by molar-refractivity contribution is 0.0288. The number of carbonyl (C=O) groups excluding carboxylic acids is 1. The summed E-state index contributed by atoms with van der Waals surface area (Å²) in [6.45, 7) is 8.80. The Hall–Kier alpha value is -2.11. The molecule has 1 aliphatic heterocycles. The summed E-state index contributed by atoms with van der Waals surface area (Å²) in [5.74, 6) is -0.251. The van der Waals surface area contributed by atoms with Crippen LogP contribution in [0.3, 0.4) is 0 Å². The number of carbonyl (C=O) groups is 1. The van der Waals surface area contributed by atoms with E-state index in [-0.39, 0.29) is 18.0 Å². The van der Waals surface area contributed by atoms with Crippen LogP contribution in [-0.4, -0.2) is 39.5 Å². The molecule has 1 aromatic carbocycles. The van der Waals surface area contributed by atoms with Gasteiger partial charge in [0.25, 0.3) is 0 Å². The Morgan fingerprint density at radius 2 is 2.17 bits per heavy atom. The van der Waals surface area contributed by atoms with E-state index in [4.69, 9.17) is 4.74 Å². The van der Waals surface area contributed by atoms with Crippen molar-refractivity contribution in [3.8, 4) is 0 Å². The third-order valence-electron chi connectivity index (χ3n) is 4.24. The van der Waals surface area contributed by atoms with Gasteiger partial charge >= 0.3 is 6.09 Å². The number of ether oxygens (including phenoxy) is 1. The summed E-state index contributed by atoms with van der Waals surface area (Å²) >= 11 is 0. The van der Waals surface area contributed by atoms with Crippen molar-refractivity contribution in [1.29, 1.82) is 0 Å². The normalized spacial score (nSPS) is 18.4. The van der Waals surface area contributed by atoms with Crippen LogP contribution >= 0.6 is 0 Å². The number of aromatic nitrogens is 2. The molecule has 1 aromatic heterocycles. The van der Waals surface area contributed by atoms with E-state index in [1.54, 1.807) is 11.0 Å². The molecule has 1 atom stereocenters. The summed E-state index contributed by atoms with van der Waals surface area (Å²) in [4.78, 5) is 14.0. The first-order chi connectivity index (χ1) is 11.3. The molecule has 1 aliphatic rings. The molecule has 0 bridgehead atoms. The Bertz CT molecular complexity index is 763. The third kappa shape index (κ3) is 3.23. The SMILES string of the molecule is CCc1nn(C2CCN(C(=O)OC(C)(C)C)C2)c2ccc(F)cc12. The fraction of sp³-hybridized carbons (Fsp3) is 0.556. The molecule has 130 valence electrons. The molecule has 6 heteroatoms. The van der Waals surface area contributed by atoms with E-state index >= 15 is 0 Å². The van der Waals surface area contributed by atoms with Crippen molar-refractivity contribution in [3.05, 3.63) is 29.7 Å². The molecule has 2 aromatic rings. The van der Waals surface area contributed by atoms with Gasteiger partial charge in [0, 0.05) is 18.5 Å². The van der Waals surface area contributed by atoms with Crippen LogP contribution in [0, 0.1) is 5.82 Å². The maximum absolute atomic E-state index is 13.6. The van der Waals surface area contributed by atoms with Crippen LogP contribution in [0.15, 0.2) is 18.2 Å². The molecule has 0 N–H and O–H groups in total. The predicted octanol–water partition coefficient (Wildman–Crippen LogP) is 3.92. The standard InChI is InChI=1S/C18H24FN3O2/c1-5-15-14-10-12(19)6-7-16(14)22(20-15)13-8-9-21(11-13)17(23)24-18(2,3)4/h6-7,10,13H,5,8-9,11H2,1-4H3. The minimum Gasteiger partial charge on any atom is -0.444 e. The van der Waals surface area contributed by atoms with Crippen LogP contribution in [0.1, 0.15) is 45.9 Å². The summed E-state index contributed by atoms with van der Waals surface area (Å²) in [6, 6.07) is 4.86. The molecular formula is C18H24FN3O2. The van der Waals surface area contributed by atoms with E-state index in [0.717, 1.165) is 29.4 Å². The number of amides is 1. The van der Waals surface area contributed by atoms with Gasteiger partial charge in [0.15, 0.2) is 0 Å². The van der Waals surface area contributed by atoms with E-state index in [2.05, 4.69) is 5.10 Å². The Morgan fingerprint density at radius 1 is 1.42 bits per heavy atom. The quantitative estimate of drug-likeness (QED) is 0.837. The van der Waals surface area contributed by atoms with Crippen molar-refractivity contribution >= 4 is 17.0 Å². The van der Waals surface area contributed by atoms with Crippen molar-refractivity contribution in [3.63, 3.8) is 0 Å². The van der Waals surface area contributed by atoms with E-state index in [1.165, 1.54) is 12.1 Å². The highest BCUT2D eigenvalue weighted by Gasteiger charge is 2.32. The second kappa shape index (κ2) is 6.07. The lowest BCUT2D eigenvalue weighted by atomic mass is 10.1. The number of benzene rings is 1. The highest BCUT2D eigenvalue weighted by Crippen LogP contribution is 2.29. The summed E-state index contributed by atoms with van der Waals surface area (Å²) in [7, 11) is 0. The van der Waals surface area contributed by atoms with Gasteiger partial charge in [0.2, 0.25) is 0 Å². The molecule has 0 spiro atoms. The van der Waals surface area contributed by atoms with Crippen LogP contribution in [0.5, 0.6) is 0 Å². The lowest BCUT2D eigenvalue weighted by Crippen LogP contribution is -2.35. The van der Waals surface area contributed by atoms with Crippen molar-refractivity contribution in [2.75, 3.05) is 13.1 Å². The van der Waals surface area contributed by atoms with E-state index < -0.39 is 5.60 Å². The van der Waals surface area contributed by atoms with E-state index in [9.17, 15) is 9.18 Å². The van der Waals surface area contributed by atoms with Gasteiger partial charge in [-0.3, -0.25) is 4.68 Å². The molecule has 3 rings (SSSR count). The van der Waals surface area contributed by atoms with Crippen LogP contribution in [0.4, 0.5) is 9.18 Å². The summed E-state index contributed by atoms with van der Waals surface area (Å²) < 4.78 is 20.9. The van der Waals surface area contributed by atoms with Crippen molar-refractivity contribution in [2.45, 2.75) is 52.2 Å². The summed E-state index contributed by atoms with van der Waals surface area (Å²) in [5, 5.41) is 5.53. The second-order valence-electron chi connectivity index (χ2n) is 7.28. The average molecular weight is 333 g/mol. The number of nitrogens with zero attached hydrogens (tertiary/aromatic N) is 3. The smallest absolute Gasteiger partial charge is 0.410 e. The molecule has 1 saturated heterocycles. The first-order valence-electron chi connectivity index (χ1n) is 8.43. The zero-order chi connectivity index (χ0) is 17.5. The van der Waals surface area contributed by atoms with Gasteiger partial charge in [-0.05, 0) is 51.8 Å². The van der Waals surface area contributed by atoms with Crippen LogP contribution in [0.2, 0.25) is 0 Å². The Kier molecular flexibility index (Phi) is 4.24. The zero-order valence-corrected chi connectivity index (χ0v) is 14.7. The summed E-state index contributed by atoms with van der Waals surface area (Å²) in [6.07, 6.45) is 1.27. The number of hydrogen-bond acceptors (Lipinski definition) is 3. The molecule has 1 fully saturated rings. The fourth-order valence-corrected chi connectivity index (χ4v) is 3.15. The van der Waals surface area contributed by atoms with E-state index in [0.29, 0.717) is 13.1 Å². The number of hydrogen-bond donors (Lipinski definition) is 0.